The lowest BCUT2D eigenvalue weighted by molar-refractivity contribution is -0.156. The van der Waals surface area contributed by atoms with E-state index in [1.54, 1.807) is 13.0 Å². The van der Waals surface area contributed by atoms with Gasteiger partial charge in [0.1, 0.15) is 18.3 Å². The number of carbonyl (C=O) groups excluding carboxylic acids is 3. The average Bonchev–Trinajstić information content (AvgIpc) is 3.55. The topological polar surface area (TPSA) is 112 Å². The molecule has 1 aliphatic heterocycles. The fraction of sp³-hybridized carbons (Fsp3) is 0.821. The smallest absolute Gasteiger partial charge is 0.303 e. The third-order valence-corrected chi connectivity index (χ3v) is 8.93. The zero-order chi connectivity index (χ0) is 27.0. The summed E-state index contributed by atoms with van der Waals surface area (Å²) in [5.41, 5.74) is -2.05. The Hall–Kier alpha value is -1.77. The normalized spacial score (nSPS) is 45.0. The van der Waals surface area contributed by atoms with E-state index in [2.05, 4.69) is 13.8 Å². The zero-order valence-corrected chi connectivity index (χ0v) is 23.0. The number of ether oxygens (including phenoxy) is 4. The van der Waals surface area contributed by atoms with Crippen LogP contribution < -0.4 is 0 Å². The van der Waals surface area contributed by atoms with Gasteiger partial charge in [-0.3, -0.25) is 14.4 Å². The first-order chi connectivity index (χ1) is 16.6. The first-order valence-corrected chi connectivity index (χ1v) is 13.2. The molecule has 8 heteroatoms. The molecule has 10 atom stereocenters. The molecule has 0 bridgehead atoms. The third kappa shape index (κ3) is 4.04. The van der Waals surface area contributed by atoms with E-state index in [0.29, 0.717) is 18.6 Å². The van der Waals surface area contributed by atoms with Gasteiger partial charge in [-0.1, -0.05) is 41.5 Å². The van der Waals surface area contributed by atoms with Gasteiger partial charge in [0.05, 0.1) is 12.0 Å². The Kier molecular flexibility index (Phi) is 6.75. The van der Waals surface area contributed by atoms with Gasteiger partial charge in [0.15, 0.2) is 17.0 Å². The van der Waals surface area contributed by atoms with Crippen LogP contribution >= 0.6 is 0 Å². The Morgan fingerprint density at radius 3 is 2.25 bits per heavy atom. The maximum Gasteiger partial charge on any atom is 0.303 e. The highest BCUT2D eigenvalue weighted by molar-refractivity contribution is 5.96. The van der Waals surface area contributed by atoms with Gasteiger partial charge in [0.2, 0.25) is 0 Å². The quantitative estimate of drug-likeness (QED) is 0.344. The summed E-state index contributed by atoms with van der Waals surface area (Å²) in [4.78, 5) is 38.6. The Bertz CT molecular complexity index is 969. The van der Waals surface area contributed by atoms with E-state index in [9.17, 15) is 19.5 Å². The minimum Gasteiger partial charge on any atom is -0.461 e. The molecule has 4 aliphatic rings. The van der Waals surface area contributed by atoms with E-state index in [4.69, 9.17) is 18.9 Å². The summed E-state index contributed by atoms with van der Waals surface area (Å²) in [5, 5.41) is 11.2. The first kappa shape index (κ1) is 27.3. The molecule has 4 rings (SSSR count). The highest BCUT2D eigenvalue weighted by Crippen LogP contribution is 2.68. The van der Waals surface area contributed by atoms with Crippen molar-refractivity contribution in [3.8, 4) is 0 Å². The Morgan fingerprint density at radius 1 is 1.11 bits per heavy atom. The fourth-order valence-corrected chi connectivity index (χ4v) is 7.20. The van der Waals surface area contributed by atoms with E-state index in [0.717, 1.165) is 0 Å². The molecule has 0 aromatic rings. The summed E-state index contributed by atoms with van der Waals surface area (Å²) < 4.78 is 24.4. The van der Waals surface area contributed by atoms with Crippen LogP contribution in [0.5, 0.6) is 0 Å². The summed E-state index contributed by atoms with van der Waals surface area (Å²) in [6, 6.07) is 0. The van der Waals surface area contributed by atoms with Crippen molar-refractivity contribution in [1.29, 1.82) is 0 Å². The van der Waals surface area contributed by atoms with Crippen molar-refractivity contribution < 1.29 is 38.4 Å². The molecule has 8 nitrogen and oxygen atoms in total. The van der Waals surface area contributed by atoms with Crippen LogP contribution in [0.25, 0.3) is 0 Å². The molecule has 0 amide bonds. The predicted molar refractivity (Wildman–Crippen MR) is 131 cm³/mol. The molecule has 3 aliphatic carbocycles. The number of epoxide rings is 1. The van der Waals surface area contributed by atoms with Crippen LogP contribution in [0.2, 0.25) is 0 Å². The van der Waals surface area contributed by atoms with Crippen molar-refractivity contribution in [2.45, 2.75) is 104 Å². The zero-order valence-electron chi connectivity index (χ0n) is 23.0. The number of aliphatic hydroxyl groups excluding tert-OH is 1. The number of ketones is 1. The van der Waals surface area contributed by atoms with Crippen molar-refractivity contribution >= 4 is 17.7 Å². The summed E-state index contributed by atoms with van der Waals surface area (Å²) in [5.74, 6) is -1.95. The van der Waals surface area contributed by atoms with E-state index in [1.165, 1.54) is 13.8 Å². The molecule has 0 aromatic heterocycles. The van der Waals surface area contributed by atoms with Gasteiger partial charge in [0.25, 0.3) is 0 Å². The summed E-state index contributed by atoms with van der Waals surface area (Å²) in [6.07, 6.45) is -0.683. The van der Waals surface area contributed by atoms with Crippen LogP contribution in [0.1, 0.15) is 68.7 Å². The number of fused-ring (bicyclic) bond motifs is 1. The van der Waals surface area contributed by atoms with Gasteiger partial charge < -0.3 is 24.1 Å². The van der Waals surface area contributed by atoms with Crippen LogP contribution in [-0.2, 0) is 33.3 Å². The number of hydrogen-bond acceptors (Lipinski definition) is 8. The monoisotopic (exact) mass is 506 g/mol. The van der Waals surface area contributed by atoms with E-state index in [-0.39, 0.29) is 34.9 Å². The molecule has 202 valence electrons. The molecular formula is C28H42O8. The van der Waals surface area contributed by atoms with E-state index >= 15 is 0 Å². The standard InChI is InChI=1S/C28H42O8/c1-13(2)12-33-23-20-19(26(20,8)9)22(35-18(7)30)16(5)25(32)28-11-15(4)24(31)27(28,36-28)10-14(3)21(23)34-17(6)29/h10,13,15-16,19-24,31H,11-12H2,1-9H3. The van der Waals surface area contributed by atoms with Crippen LogP contribution in [0.3, 0.4) is 0 Å². The number of carbonyl (C=O) groups is 3. The third-order valence-electron chi connectivity index (χ3n) is 8.93. The van der Waals surface area contributed by atoms with Gasteiger partial charge >= 0.3 is 11.9 Å². The minimum atomic E-state index is -1.20. The lowest BCUT2D eigenvalue weighted by Crippen LogP contribution is -2.43. The minimum absolute atomic E-state index is 0.127. The molecule has 1 heterocycles. The number of rotatable bonds is 5. The lowest BCUT2D eigenvalue weighted by Gasteiger charge is -2.31. The number of Topliss-reactive ketones (excluding diaryl/α,β-unsaturated/α-hetero) is 1. The van der Waals surface area contributed by atoms with Gasteiger partial charge in [-0.25, -0.2) is 0 Å². The van der Waals surface area contributed by atoms with Crippen LogP contribution in [-0.4, -0.2) is 65.1 Å². The second kappa shape index (κ2) is 8.91. The van der Waals surface area contributed by atoms with Gasteiger partial charge in [-0.05, 0) is 42.2 Å². The Morgan fingerprint density at radius 2 is 1.69 bits per heavy atom. The van der Waals surface area contributed by atoms with Crippen molar-refractivity contribution in [2.75, 3.05) is 6.61 Å². The first-order valence-electron chi connectivity index (χ1n) is 13.2. The maximum atomic E-state index is 14.1. The number of esters is 2. The van der Waals surface area contributed by atoms with Crippen LogP contribution in [0, 0.1) is 35.0 Å². The molecule has 1 saturated heterocycles. The second-order valence-corrected chi connectivity index (χ2v) is 12.6. The van der Waals surface area contributed by atoms with Crippen molar-refractivity contribution in [3.05, 3.63) is 11.6 Å². The molecule has 0 aromatic carbocycles. The van der Waals surface area contributed by atoms with Gasteiger partial charge in [0, 0.05) is 32.3 Å². The highest BCUT2D eigenvalue weighted by atomic mass is 16.7. The summed E-state index contributed by atoms with van der Waals surface area (Å²) in [7, 11) is 0. The van der Waals surface area contributed by atoms with E-state index in [1.807, 2.05) is 27.7 Å². The van der Waals surface area contributed by atoms with Crippen LogP contribution in [0.15, 0.2) is 11.6 Å². The summed E-state index contributed by atoms with van der Waals surface area (Å²) >= 11 is 0. The molecule has 36 heavy (non-hydrogen) atoms. The Labute approximate surface area is 214 Å². The van der Waals surface area contributed by atoms with Crippen molar-refractivity contribution in [3.63, 3.8) is 0 Å². The predicted octanol–water partition coefficient (Wildman–Crippen LogP) is 3.24. The largest absolute Gasteiger partial charge is 0.461 e. The fourth-order valence-electron chi connectivity index (χ4n) is 7.20. The van der Waals surface area contributed by atoms with Gasteiger partial charge in [-0.2, -0.15) is 0 Å². The molecule has 0 radical (unpaired) electrons. The summed E-state index contributed by atoms with van der Waals surface area (Å²) in [6.45, 7) is 17.0. The molecule has 10 unspecified atom stereocenters. The Balaban J connectivity index is 1.89. The maximum absolute atomic E-state index is 14.1. The van der Waals surface area contributed by atoms with Crippen molar-refractivity contribution in [1.82, 2.24) is 0 Å². The highest BCUT2D eigenvalue weighted by Gasteiger charge is 2.82. The number of hydrogen-bond donors (Lipinski definition) is 1. The van der Waals surface area contributed by atoms with E-state index < -0.39 is 53.5 Å². The van der Waals surface area contributed by atoms with Crippen LogP contribution in [0.4, 0.5) is 0 Å². The second-order valence-electron chi connectivity index (χ2n) is 12.6. The van der Waals surface area contributed by atoms with Crippen molar-refractivity contribution in [2.24, 2.45) is 35.0 Å². The SMILES string of the molecule is CC(=O)OC1C(C)=CC23OC2(CC(C)C3O)C(=O)C(C)C(OC(C)=O)C2C(C1OCC(C)C)C2(C)C. The molecule has 3 fully saturated rings. The molecular weight excluding hydrogens is 464 g/mol. The molecule has 1 N–H and O–H groups in total. The lowest BCUT2D eigenvalue weighted by atomic mass is 9.80. The molecule has 0 spiro atoms. The average molecular weight is 507 g/mol. The number of aliphatic hydroxyl groups is 1. The van der Waals surface area contributed by atoms with Gasteiger partial charge in [-0.15, -0.1) is 0 Å². The molecule has 2 saturated carbocycles.